The Morgan fingerprint density at radius 3 is 2.16 bits per heavy atom. The van der Waals surface area contributed by atoms with E-state index in [1.165, 1.54) is 32.4 Å². The van der Waals surface area contributed by atoms with Gasteiger partial charge in [-0.25, -0.2) is 0 Å². The highest BCUT2D eigenvalue weighted by atomic mass is 16.6. The largest absolute Gasteiger partial charge is 0.497 e. The number of esters is 2. The number of carbonyl (C=O) groups excluding carboxylic acids is 3. The minimum absolute atomic E-state index is 0.0329. The molecule has 25 heavy (non-hydrogen) atoms. The predicted molar refractivity (Wildman–Crippen MR) is 89.8 cm³/mol. The van der Waals surface area contributed by atoms with E-state index in [1.54, 1.807) is 27.7 Å². The first kappa shape index (κ1) is 20.5. The highest BCUT2D eigenvalue weighted by Gasteiger charge is 2.40. The molecule has 1 unspecified atom stereocenters. The number of ketones is 1. The van der Waals surface area contributed by atoms with Crippen molar-refractivity contribution in [3.63, 3.8) is 0 Å². The number of Topliss-reactive ketones (excluding diaryl/α,β-unsaturated/α-hetero) is 1. The van der Waals surface area contributed by atoms with Crippen LogP contribution in [0.2, 0.25) is 0 Å². The molecule has 0 heterocycles. The van der Waals surface area contributed by atoms with Crippen LogP contribution in [0.4, 0.5) is 0 Å². The molecule has 0 saturated heterocycles. The summed E-state index contributed by atoms with van der Waals surface area (Å²) in [6.07, 6.45) is 0. The average molecular weight is 352 g/mol. The molecular formula is C18H24O7. The topological polar surface area (TPSA) is 88.1 Å². The molecule has 0 amide bonds. The van der Waals surface area contributed by atoms with Crippen LogP contribution in [0.25, 0.3) is 0 Å². The van der Waals surface area contributed by atoms with Gasteiger partial charge in [-0.2, -0.15) is 0 Å². The van der Waals surface area contributed by atoms with E-state index in [0.717, 1.165) is 0 Å². The molecule has 1 rings (SSSR count). The molecule has 0 aromatic heterocycles. The minimum atomic E-state index is -1.72. The van der Waals surface area contributed by atoms with Gasteiger partial charge in [0.25, 0.3) is 0 Å². The maximum atomic E-state index is 12.8. The Labute approximate surface area is 147 Å². The van der Waals surface area contributed by atoms with Crippen molar-refractivity contribution >= 4 is 17.7 Å². The third kappa shape index (κ3) is 5.48. The molecule has 0 fully saturated rings. The standard InChI is InChI=1S/C18H24O7/c1-7-24-16(20)14(17(21)25-18(2,3)4)15(19)12-9-8-11(22-5)10-13(12)23-6/h8-10,14H,7H2,1-6H3. The predicted octanol–water partition coefficient (Wildman–Crippen LogP) is 2.41. The highest BCUT2D eigenvalue weighted by molar-refractivity contribution is 6.21. The van der Waals surface area contributed by atoms with Gasteiger partial charge in [0, 0.05) is 6.07 Å². The fourth-order valence-electron chi connectivity index (χ4n) is 2.05. The third-order valence-corrected chi connectivity index (χ3v) is 3.10. The van der Waals surface area contributed by atoms with E-state index >= 15 is 0 Å². The lowest BCUT2D eigenvalue weighted by molar-refractivity contribution is -0.166. The lowest BCUT2D eigenvalue weighted by atomic mass is 9.96. The monoisotopic (exact) mass is 352 g/mol. The lowest BCUT2D eigenvalue weighted by Crippen LogP contribution is -2.38. The number of hydrogen-bond donors (Lipinski definition) is 0. The van der Waals surface area contributed by atoms with Crippen LogP contribution >= 0.6 is 0 Å². The molecule has 1 atom stereocenters. The molecular weight excluding hydrogens is 328 g/mol. The van der Waals surface area contributed by atoms with Crippen molar-refractivity contribution in [3.05, 3.63) is 23.8 Å². The smallest absolute Gasteiger partial charge is 0.328 e. The fourth-order valence-corrected chi connectivity index (χ4v) is 2.05. The Hall–Kier alpha value is -2.57. The first-order valence-electron chi connectivity index (χ1n) is 7.80. The van der Waals surface area contributed by atoms with Gasteiger partial charge in [-0.05, 0) is 39.8 Å². The average Bonchev–Trinajstić information content (AvgIpc) is 2.52. The van der Waals surface area contributed by atoms with Crippen molar-refractivity contribution in [1.82, 2.24) is 0 Å². The highest BCUT2D eigenvalue weighted by Crippen LogP contribution is 2.28. The SMILES string of the molecule is CCOC(=O)C(C(=O)OC(C)(C)C)C(=O)c1ccc(OC)cc1OC. The molecule has 0 aliphatic heterocycles. The van der Waals surface area contributed by atoms with Gasteiger partial charge in [-0.15, -0.1) is 0 Å². The van der Waals surface area contributed by atoms with E-state index in [-0.39, 0.29) is 17.9 Å². The van der Waals surface area contributed by atoms with E-state index in [4.69, 9.17) is 18.9 Å². The molecule has 0 spiro atoms. The maximum Gasteiger partial charge on any atom is 0.328 e. The fraction of sp³-hybridized carbons (Fsp3) is 0.500. The van der Waals surface area contributed by atoms with E-state index in [0.29, 0.717) is 5.75 Å². The van der Waals surface area contributed by atoms with E-state index < -0.39 is 29.2 Å². The molecule has 138 valence electrons. The zero-order valence-electron chi connectivity index (χ0n) is 15.4. The van der Waals surface area contributed by atoms with Crippen LogP contribution in [0, 0.1) is 5.92 Å². The lowest BCUT2D eigenvalue weighted by Gasteiger charge is -2.23. The molecule has 0 radical (unpaired) electrons. The molecule has 0 bridgehead atoms. The Morgan fingerprint density at radius 2 is 1.68 bits per heavy atom. The first-order chi connectivity index (χ1) is 11.6. The summed E-state index contributed by atoms with van der Waals surface area (Å²) in [7, 11) is 2.84. The third-order valence-electron chi connectivity index (χ3n) is 3.10. The van der Waals surface area contributed by atoms with Gasteiger partial charge >= 0.3 is 11.9 Å². The van der Waals surface area contributed by atoms with Crippen molar-refractivity contribution in [2.75, 3.05) is 20.8 Å². The molecule has 1 aromatic carbocycles. The van der Waals surface area contributed by atoms with Crippen LogP contribution in [0.5, 0.6) is 11.5 Å². The van der Waals surface area contributed by atoms with Gasteiger partial charge in [0.1, 0.15) is 17.1 Å². The number of hydrogen-bond acceptors (Lipinski definition) is 7. The van der Waals surface area contributed by atoms with Crippen LogP contribution in [0.15, 0.2) is 18.2 Å². The van der Waals surface area contributed by atoms with Crippen LogP contribution in [0.1, 0.15) is 38.1 Å². The van der Waals surface area contributed by atoms with Crippen LogP contribution in [0.3, 0.4) is 0 Å². The van der Waals surface area contributed by atoms with Crippen LogP contribution in [-0.4, -0.2) is 44.1 Å². The van der Waals surface area contributed by atoms with Gasteiger partial charge in [0.05, 0.1) is 26.4 Å². The number of carbonyl (C=O) groups is 3. The molecule has 7 heteroatoms. The van der Waals surface area contributed by atoms with Crippen molar-refractivity contribution < 1.29 is 33.3 Å². The summed E-state index contributed by atoms with van der Waals surface area (Å²) >= 11 is 0. The number of ether oxygens (including phenoxy) is 4. The molecule has 1 aromatic rings. The molecule has 0 aliphatic rings. The molecule has 0 N–H and O–H groups in total. The quantitative estimate of drug-likeness (QED) is 0.423. The van der Waals surface area contributed by atoms with Crippen molar-refractivity contribution in [3.8, 4) is 11.5 Å². The molecule has 7 nitrogen and oxygen atoms in total. The van der Waals surface area contributed by atoms with Crippen molar-refractivity contribution in [1.29, 1.82) is 0 Å². The Bertz CT molecular complexity index is 643. The summed E-state index contributed by atoms with van der Waals surface area (Å²) in [5.41, 5.74) is -0.793. The summed E-state index contributed by atoms with van der Waals surface area (Å²) in [6, 6.07) is 4.45. The van der Waals surface area contributed by atoms with E-state index in [9.17, 15) is 14.4 Å². The number of methoxy groups -OCH3 is 2. The second kappa shape index (κ2) is 8.50. The summed E-state index contributed by atoms with van der Waals surface area (Å²) in [5, 5.41) is 0. The Morgan fingerprint density at radius 1 is 1.04 bits per heavy atom. The second-order valence-corrected chi connectivity index (χ2v) is 6.15. The zero-order chi connectivity index (χ0) is 19.2. The summed E-state index contributed by atoms with van der Waals surface area (Å²) in [5.74, 6) is -3.75. The van der Waals surface area contributed by atoms with Gasteiger partial charge in [0.15, 0.2) is 5.78 Å². The normalized spacial score (nSPS) is 12.1. The van der Waals surface area contributed by atoms with Crippen molar-refractivity contribution in [2.45, 2.75) is 33.3 Å². The van der Waals surface area contributed by atoms with Gasteiger partial charge < -0.3 is 18.9 Å². The minimum Gasteiger partial charge on any atom is -0.497 e. The maximum absolute atomic E-state index is 12.8. The first-order valence-corrected chi connectivity index (χ1v) is 7.80. The molecule has 0 aliphatic carbocycles. The zero-order valence-corrected chi connectivity index (χ0v) is 15.4. The van der Waals surface area contributed by atoms with Gasteiger partial charge in [-0.3, -0.25) is 14.4 Å². The summed E-state index contributed by atoms with van der Waals surface area (Å²) < 4.78 is 20.3. The number of rotatable bonds is 7. The number of benzene rings is 1. The second-order valence-electron chi connectivity index (χ2n) is 6.15. The summed E-state index contributed by atoms with van der Waals surface area (Å²) in [6.45, 7) is 6.55. The van der Waals surface area contributed by atoms with Crippen molar-refractivity contribution in [2.24, 2.45) is 5.92 Å². The van der Waals surface area contributed by atoms with Crippen LogP contribution in [-0.2, 0) is 19.1 Å². The van der Waals surface area contributed by atoms with Gasteiger partial charge in [0.2, 0.25) is 5.92 Å². The van der Waals surface area contributed by atoms with E-state index in [2.05, 4.69) is 0 Å². The van der Waals surface area contributed by atoms with Crippen LogP contribution < -0.4 is 9.47 Å². The summed E-state index contributed by atoms with van der Waals surface area (Å²) in [4.78, 5) is 37.4. The molecule has 0 saturated carbocycles. The van der Waals surface area contributed by atoms with E-state index in [1.807, 2.05) is 0 Å². The Balaban J connectivity index is 3.28. The van der Waals surface area contributed by atoms with Gasteiger partial charge in [-0.1, -0.05) is 0 Å². The Kier molecular flexibility index (Phi) is 6.97.